The zero-order valence-corrected chi connectivity index (χ0v) is 19.8. The zero-order chi connectivity index (χ0) is 23.0. The van der Waals surface area contributed by atoms with Crippen molar-refractivity contribution in [1.29, 1.82) is 0 Å². The van der Waals surface area contributed by atoms with E-state index in [1.165, 1.54) is 18.9 Å². The fraction of sp³-hybridized carbons (Fsp3) is 0.640. The maximum atomic E-state index is 13.4. The zero-order valence-electron chi connectivity index (χ0n) is 19.1. The van der Waals surface area contributed by atoms with E-state index in [1.807, 2.05) is 16.1 Å². The first kappa shape index (κ1) is 21.0. The molecule has 2 saturated heterocycles. The topological polar surface area (TPSA) is 63.5 Å². The molecule has 2 amide bonds. The molecular formula is C25H29ClFN5O2. The van der Waals surface area contributed by atoms with Crippen LogP contribution in [0.15, 0.2) is 24.5 Å². The smallest absolute Gasteiger partial charge is 0.320 e. The Morgan fingerprint density at radius 2 is 1.85 bits per heavy atom. The minimum Gasteiger partial charge on any atom is -0.490 e. The molecule has 34 heavy (non-hydrogen) atoms. The summed E-state index contributed by atoms with van der Waals surface area (Å²) in [6, 6.07) is 5.15. The quantitative estimate of drug-likeness (QED) is 0.640. The molecule has 5 fully saturated rings. The molecule has 7 rings (SSSR count). The molecule has 0 bridgehead atoms. The van der Waals surface area contributed by atoms with E-state index in [-0.39, 0.29) is 22.6 Å². The number of fused-ring (bicyclic) bond motifs is 1. The van der Waals surface area contributed by atoms with Gasteiger partial charge in [-0.15, -0.1) is 0 Å². The highest BCUT2D eigenvalue weighted by Gasteiger charge is 2.56. The molecular weight excluding hydrogens is 457 g/mol. The fourth-order valence-corrected chi connectivity index (χ4v) is 6.89. The van der Waals surface area contributed by atoms with Crippen molar-refractivity contribution < 1.29 is 13.9 Å². The van der Waals surface area contributed by atoms with Gasteiger partial charge in [0, 0.05) is 43.6 Å². The van der Waals surface area contributed by atoms with Gasteiger partial charge in [0.05, 0.1) is 17.2 Å². The van der Waals surface area contributed by atoms with Crippen LogP contribution >= 0.6 is 11.6 Å². The summed E-state index contributed by atoms with van der Waals surface area (Å²) in [5.41, 5.74) is 0.289. The molecule has 1 spiro atoms. The molecule has 2 atom stereocenters. The van der Waals surface area contributed by atoms with Crippen molar-refractivity contribution in [2.24, 2.45) is 17.3 Å². The Labute approximate surface area is 203 Å². The molecule has 2 aliphatic heterocycles. The van der Waals surface area contributed by atoms with Crippen LogP contribution in [0.2, 0.25) is 5.02 Å². The highest BCUT2D eigenvalue weighted by molar-refractivity contribution is 6.30. The van der Waals surface area contributed by atoms with Crippen molar-refractivity contribution in [2.75, 3.05) is 26.2 Å². The van der Waals surface area contributed by atoms with Crippen LogP contribution in [0.4, 0.5) is 9.18 Å². The molecule has 9 heteroatoms. The SMILES string of the molecule is O=C(N1CC2CC(Oc3ccc(F)c(Cl)c3)CC2C1)N1CC2(CC(n3cnc(C4CC4)n3)C2)C1. The van der Waals surface area contributed by atoms with Crippen LogP contribution in [0.5, 0.6) is 5.75 Å². The van der Waals surface area contributed by atoms with Crippen LogP contribution in [0.3, 0.4) is 0 Å². The largest absolute Gasteiger partial charge is 0.490 e. The molecule has 1 aromatic carbocycles. The van der Waals surface area contributed by atoms with Crippen molar-refractivity contribution >= 4 is 17.6 Å². The van der Waals surface area contributed by atoms with E-state index >= 15 is 0 Å². The first-order chi connectivity index (χ1) is 16.4. The number of nitrogens with zero attached hydrogens (tertiary/aromatic N) is 5. The molecule has 5 aliphatic rings. The predicted octanol–water partition coefficient (Wildman–Crippen LogP) is 4.49. The van der Waals surface area contributed by atoms with E-state index in [0.717, 1.165) is 57.7 Å². The van der Waals surface area contributed by atoms with Gasteiger partial charge in [0.25, 0.3) is 0 Å². The fourth-order valence-electron chi connectivity index (χ4n) is 6.72. The van der Waals surface area contributed by atoms with E-state index in [1.54, 1.807) is 12.1 Å². The number of ether oxygens (including phenoxy) is 1. The standard InChI is InChI=1S/C25H29ClFN5O2/c26-21-7-19(3-4-22(21)27)34-20-5-16-10-30(11-17(16)6-20)24(33)31-12-25(13-31)8-18(9-25)32-14-28-23(29-32)15-1-2-15/h3-4,7,14-18,20H,1-2,5-6,8-13H2. The second-order valence-corrected chi connectivity index (χ2v) is 11.7. The molecule has 2 aromatic rings. The van der Waals surface area contributed by atoms with Crippen molar-refractivity contribution in [3.8, 4) is 5.75 Å². The van der Waals surface area contributed by atoms with Crippen LogP contribution in [0.1, 0.15) is 56.3 Å². The summed E-state index contributed by atoms with van der Waals surface area (Å²) in [5, 5.41) is 4.78. The summed E-state index contributed by atoms with van der Waals surface area (Å²) in [6.07, 6.45) is 8.51. The van der Waals surface area contributed by atoms with Gasteiger partial charge in [-0.1, -0.05) is 11.6 Å². The maximum absolute atomic E-state index is 13.4. The lowest BCUT2D eigenvalue weighted by Crippen LogP contribution is -2.65. The molecule has 2 unspecified atom stereocenters. The van der Waals surface area contributed by atoms with Gasteiger partial charge in [-0.2, -0.15) is 5.10 Å². The van der Waals surface area contributed by atoms with Crippen LogP contribution in [-0.2, 0) is 0 Å². The second-order valence-electron chi connectivity index (χ2n) is 11.3. The van der Waals surface area contributed by atoms with Crippen LogP contribution in [0.25, 0.3) is 0 Å². The number of carbonyl (C=O) groups excluding carboxylic acids is 1. The first-order valence-electron chi connectivity index (χ1n) is 12.5. The molecule has 180 valence electrons. The van der Waals surface area contributed by atoms with E-state index in [2.05, 4.69) is 9.67 Å². The number of hydrogen-bond donors (Lipinski definition) is 0. The molecule has 7 nitrogen and oxygen atoms in total. The second kappa shape index (κ2) is 7.57. The summed E-state index contributed by atoms with van der Waals surface area (Å²) >= 11 is 5.88. The Bertz CT molecular complexity index is 1110. The summed E-state index contributed by atoms with van der Waals surface area (Å²) in [6.45, 7) is 3.36. The average molecular weight is 486 g/mol. The highest BCUT2D eigenvalue weighted by Crippen LogP contribution is 2.54. The third kappa shape index (κ3) is 3.56. The summed E-state index contributed by atoms with van der Waals surface area (Å²) in [5.74, 6) is 2.74. The van der Waals surface area contributed by atoms with E-state index in [0.29, 0.717) is 29.5 Å². The Morgan fingerprint density at radius 1 is 1.12 bits per heavy atom. The monoisotopic (exact) mass is 485 g/mol. The van der Waals surface area contributed by atoms with Gasteiger partial charge in [-0.3, -0.25) is 0 Å². The number of likely N-dealkylation sites (tertiary alicyclic amines) is 2. The number of halogens is 2. The Hall–Kier alpha value is -2.35. The Balaban J connectivity index is 0.881. The van der Waals surface area contributed by atoms with Crippen LogP contribution in [-0.4, -0.2) is 62.9 Å². The first-order valence-corrected chi connectivity index (χ1v) is 12.9. The molecule has 3 saturated carbocycles. The average Bonchev–Trinajstić information content (AvgIpc) is 3.17. The van der Waals surface area contributed by atoms with E-state index in [9.17, 15) is 9.18 Å². The lowest BCUT2D eigenvalue weighted by molar-refractivity contribution is -0.0735. The summed E-state index contributed by atoms with van der Waals surface area (Å²) in [7, 11) is 0. The highest BCUT2D eigenvalue weighted by atomic mass is 35.5. The summed E-state index contributed by atoms with van der Waals surface area (Å²) in [4.78, 5) is 21.7. The van der Waals surface area contributed by atoms with Crippen molar-refractivity contribution in [1.82, 2.24) is 24.6 Å². The third-order valence-electron chi connectivity index (χ3n) is 8.68. The van der Waals surface area contributed by atoms with Gasteiger partial charge in [0.2, 0.25) is 0 Å². The Morgan fingerprint density at radius 3 is 2.53 bits per heavy atom. The van der Waals surface area contributed by atoms with E-state index < -0.39 is 5.82 Å². The molecule has 0 N–H and O–H groups in total. The molecule has 1 aromatic heterocycles. The van der Waals surface area contributed by atoms with Gasteiger partial charge in [-0.05, 0) is 62.5 Å². The van der Waals surface area contributed by atoms with Gasteiger partial charge in [0.15, 0.2) is 5.82 Å². The predicted molar refractivity (Wildman–Crippen MR) is 123 cm³/mol. The number of amides is 2. The molecule has 0 radical (unpaired) electrons. The number of hydrogen-bond acceptors (Lipinski definition) is 4. The lowest BCUT2D eigenvalue weighted by Gasteiger charge is -2.59. The summed E-state index contributed by atoms with van der Waals surface area (Å²) < 4.78 is 21.5. The minimum absolute atomic E-state index is 0.0851. The molecule has 3 heterocycles. The van der Waals surface area contributed by atoms with Gasteiger partial charge in [-0.25, -0.2) is 18.9 Å². The van der Waals surface area contributed by atoms with Crippen LogP contribution in [0, 0.1) is 23.1 Å². The lowest BCUT2D eigenvalue weighted by atomic mass is 9.61. The van der Waals surface area contributed by atoms with Gasteiger partial charge in [0.1, 0.15) is 17.9 Å². The maximum Gasteiger partial charge on any atom is 0.320 e. The van der Waals surface area contributed by atoms with Gasteiger partial charge >= 0.3 is 6.03 Å². The molecule has 3 aliphatic carbocycles. The van der Waals surface area contributed by atoms with Crippen molar-refractivity contribution in [3.63, 3.8) is 0 Å². The van der Waals surface area contributed by atoms with Gasteiger partial charge < -0.3 is 14.5 Å². The Kier molecular flexibility index (Phi) is 4.67. The van der Waals surface area contributed by atoms with Crippen LogP contribution < -0.4 is 4.74 Å². The number of aromatic nitrogens is 3. The van der Waals surface area contributed by atoms with Crippen molar-refractivity contribution in [3.05, 3.63) is 41.2 Å². The minimum atomic E-state index is -0.433. The third-order valence-corrected chi connectivity index (χ3v) is 8.96. The number of urea groups is 1. The number of carbonyl (C=O) groups is 1. The number of benzene rings is 1. The van der Waals surface area contributed by atoms with Crippen molar-refractivity contribution in [2.45, 2.75) is 56.6 Å². The number of rotatable bonds is 4. The van der Waals surface area contributed by atoms with E-state index in [4.69, 9.17) is 21.4 Å². The normalized spacial score (nSPS) is 29.8.